The minimum atomic E-state index is -4.26. The van der Waals surface area contributed by atoms with Gasteiger partial charge in [0.25, 0.3) is 10.1 Å². The fraction of sp³-hybridized carbons (Fsp3) is 0.188. The molecule has 2 aromatic rings. The van der Waals surface area contributed by atoms with Crippen molar-refractivity contribution in [3.8, 4) is 11.5 Å². The molecule has 2 rings (SSSR count). The Morgan fingerprint density at radius 3 is 2.24 bits per heavy atom. The summed E-state index contributed by atoms with van der Waals surface area (Å²) >= 11 is 0. The zero-order valence-corrected chi connectivity index (χ0v) is 14.5. The van der Waals surface area contributed by atoms with Crippen molar-refractivity contribution in [1.82, 2.24) is 5.32 Å². The van der Waals surface area contributed by atoms with Crippen molar-refractivity contribution < 1.29 is 27.2 Å². The van der Waals surface area contributed by atoms with Gasteiger partial charge in [0, 0.05) is 12.2 Å². The normalized spacial score (nSPS) is 10.8. The Balaban J connectivity index is 1.94. The first kappa shape index (κ1) is 18.6. The molecule has 2 amide bonds. The lowest BCUT2D eigenvalue weighted by atomic mass is 10.2. The number of methoxy groups -OCH3 is 2. The van der Waals surface area contributed by atoms with Crippen LogP contribution in [0.3, 0.4) is 0 Å². The maximum Gasteiger partial charge on any atom is 0.319 e. The molecule has 0 bridgehead atoms. The smallest absolute Gasteiger partial charge is 0.319 e. The summed E-state index contributed by atoms with van der Waals surface area (Å²) in [6.07, 6.45) is 0. The van der Waals surface area contributed by atoms with Gasteiger partial charge in [0.05, 0.1) is 19.1 Å². The van der Waals surface area contributed by atoms with Gasteiger partial charge in [0.15, 0.2) is 11.5 Å². The van der Waals surface area contributed by atoms with E-state index in [9.17, 15) is 13.2 Å². The SMILES string of the molecule is COc1ccc(CNC(=O)Nc2ccc(S(=O)(=O)O)cc2)cc1OC. The van der Waals surface area contributed by atoms with E-state index in [0.29, 0.717) is 17.2 Å². The van der Waals surface area contributed by atoms with Gasteiger partial charge < -0.3 is 20.1 Å². The van der Waals surface area contributed by atoms with Crippen molar-refractivity contribution in [3.05, 3.63) is 48.0 Å². The summed E-state index contributed by atoms with van der Waals surface area (Å²) in [6.45, 7) is 0.259. The molecule has 0 fully saturated rings. The number of nitrogens with one attached hydrogen (secondary N) is 2. The molecule has 134 valence electrons. The maximum absolute atomic E-state index is 11.9. The van der Waals surface area contributed by atoms with E-state index < -0.39 is 16.1 Å². The van der Waals surface area contributed by atoms with E-state index in [1.807, 2.05) is 0 Å². The molecule has 0 saturated heterocycles. The molecule has 3 N–H and O–H groups in total. The molecule has 0 aliphatic carbocycles. The fourth-order valence-corrected chi connectivity index (χ4v) is 2.54. The molecule has 8 nitrogen and oxygen atoms in total. The number of benzene rings is 2. The van der Waals surface area contributed by atoms with Crippen LogP contribution in [0, 0.1) is 0 Å². The maximum atomic E-state index is 11.9. The number of amides is 2. The van der Waals surface area contributed by atoms with Crippen LogP contribution >= 0.6 is 0 Å². The molecule has 25 heavy (non-hydrogen) atoms. The van der Waals surface area contributed by atoms with Gasteiger partial charge in [-0.2, -0.15) is 8.42 Å². The molecule has 0 radical (unpaired) electrons. The summed E-state index contributed by atoms with van der Waals surface area (Å²) < 4.78 is 41.2. The van der Waals surface area contributed by atoms with Crippen LogP contribution in [-0.4, -0.2) is 33.2 Å². The molecule has 9 heteroatoms. The minimum absolute atomic E-state index is 0.246. The van der Waals surface area contributed by atoms with Crippen molar-refractivity contribution in [2.75, 3.05) is 19.5 Å². The number of rotatable bonds is 6. The Kier molecular flexibility index (Phi) is 5.84. The number of anilines is 1. The largest absolute Gasteiger partial charge is 0.493 e. The average molecular weight is 366 g/mol. The monoisotopic (exact) mass is 366 g/mol. The Hall–Kier alpha value is -2.78. The van der Waals surface area contributed by atoms with Crippen molar-refractivity contribution in [2.24, 2.45) is 0 Å². The van der Waals surface area contributed by atoms with E-state index in [2.05, 4.69) is 10.6 Å². The lowest BCUT2D eigenvalue weighted by Gasteiger charge is -2.11. The van der Waals surface area contributed by atoms with E-state index in [0.717, 1.165) is 5.56 Å². The van der Waals surface area contributed by atoms with Crippen LogP contribution in [0.15, 0.2) is 47.4 Å². The highest BCUT2D eigenvalue weighted by Gasteiger charge is 2.10. The van der Waals surface area contributed by atoms with E-state index >= 15 is 0 Å². The van der Waals surface area contributed by atoms with Crippen LogP contribution in [0.1, 0.15) is 5.56 Å². The summed E-state index contributed by atoms with van der Waals surface area (Å²) in [5.41, 5.74) is 1.20. The zero-order chi connectivity index (χ0) is 18.4. The second-order valence-electron chi connectivity index (χ2n) is 5.00. The van der Waals surface area contributed by atoms with Crippen LogP contribution in [0.25, 0.3) is 0 Å². The number of ether oxygens (including phenoxy) is 2. The Morgan fingerprint density at radius 2 is 1.68 bits per heavy atom. The Labute approximate surface area is 145 Å². The average Bonchev–Trinajstić information content (AvgIpc) is 2.59. The molecule has 0 spiro atoms. The third kappa shape index (κ3) is 5.10. The number of hydrogen-bond donors (Lipinski definition) is 3. The molecule has 0 atom stereocenters. The third-order valence-corrected chi connectivity index (χ3v) is 4.18. The van der Waals surface area contributed by atoms with Crippen molar-refractivity contribution in [1.29, 1.82) is 0 Å². The first-order valence-corrected chi connectivity index (χ1v) is 8.61. The lowest BCUT2D eigenvalue weighted by Crippen LogP contribution is -2.28. The molecule has 0 saturated carbocycles. The second kappa shape index (κ2) is 7.86. The van der Waals surface area contributed by atoms with E-state index in [4.69, 9.17) is 14.0 Å². The van der Waals surface area contributed by atoms with Crippen LogP contribution in [0.5, 0.6) is 11.5 Å². The summed E-state index contributed by atoms with van der Waals surface area (Å²) in [4.78, 5) is 11.7. The zero-order valence-electron chi connectivity index (χ0n) is 13.6. The van der Waals surface area contributed by atoms with Crippen molar-refractivity contribution >= 4 is 21.8 Å². The van der Waals surface area contributed by atoms with Gasteiger partial charge in [-0.3, -0.25) is 4.55 Å². The predicted octanol–water partition coefficient (Wildman–Crippen LogP) is 2.27. The van der Waals surface area contributed by atoms with Crippen LogP contribution < -0.4 is 20.1 Å². The van der Waals surface area contributed by atoms with Gasteiger partial charge in [-0.05, 0) is 42.0 Å². The Morgan fingerprint density at radius 1 is 1.04 bits per heavy atom. The number of carbonyl (C=O) groups is 1. The minimum Gasteiger partial charge on any atom is -0.493 e. The number of urea groups is 1. The number of carbonyl (C=O) groups excluding carboxylic acids is 1. The van der Waals surface area contributed by atoms with Gasteiger partial charge in [-0.15, -0.1) is 0 Å². The van der Waals surface area contributed by atoms with Gasteiger partial charge >= 0.3 is 6.03 Å². The summed E-state index contributed by atoms with van der Waals surface area (Å²) in [5, 5.41) is 5.23. The molecule has 0 aliphatic rings. The van der Waals surface area contributed by atoms with E-state index in [-0.39, 0.29) is 11.4 Å². The van der Waals surface area contributed by atoms with Gasteiger partial charge in [-0.25, -0.2) is 4.79 Å². The van der Waals surface area contributed by atoms with Gasteiger partial charge in [0.2, 0.25) is 0 Å². The fourth-order valence-electron chi connectivity index (χ4n) is 2.06. The molecule has 0 heterocycles. The van der Waals surface area contributed by atoms with Gasteiger partial charge in [0.1, 0.15) is 0 Å². The van der Waals surface area contributed by atoms with E-state index in [1.165, 1.54) is 38.5 Å². The molecular formula is C16H18N2O6S. The summed E-state index contributed by atoms with van der Waals surface area (Å²) in [5.74, 6) is 1.15. The molecule has 0 aromatic heterocycles. The quantitative estimate of drug-likeness (QED) is 0.676. The molecule has 2 aromatic carbocycles. The summed E-state index contributed by atoms with van der Waals surface area (Å²) in [7, 11) is -1.19. The lowest BCUT2D eigenvalue weighted by molar-refractivity contribution is 0.251. The summed E-state index contributed by atoms with van der Waals surface area (Å²) in [6, 6.07) is 9.95. The van der Waals surface area contributed by atoms with Crippen LogP contribution in [0.2, 0.25) is 0 Å². The first-order chi connectivity index (χ1) is 11.8. The van der Waals surface area contributed by atoms with Crippen molar-refractivity contribution in [3.63, 3.8) is 0 Å². The highest BCUT2D eigenvalue weighted by atomic mass is 32.2. The Bertz CT molecular complexity index is 849. The first-order valence-electron chi connectivity index (χ1n) is 7.17. The number of hydrogen-bond acceptors (Lipinski definition) is 5. The highest BCUT2D eigenvalue weighted by molar-refractivity contribution is 7.85. The highest BCUT2D eigenvalue weighted by Crippen LogP contribution is 2.27. The van der Waals surface area contributed by atoms with Crippen LogP contribution in [0.4, 0.5) is 10.5 Å². The third-order valence-electron chi connectivity index (χ3n) is 3.31. The van der Waals surface area contributed by atoms with Crippen molar-refractivity contribution in [2.45, 2.75) is 11.4 Å². The molecule has 0 aliphatic heterocycles. The second-order valence-corrected chi connectivity index (χ2v) is 6.42. The molecular weight excluding hydrogens is 348 g/mol. The van der Waals surface area contributed by atoms with Crippen LogP contribution in [-0.2, 0) is 16.7 Å². The standard InChI is InChI=1S/C16H18N2O6S/c1-23-14-8-3-11(9-15(14)24-2)10-17-16(19)18-12-4-6-13(7-5-12)25(20,21)22/h3-9H,10H2,1-2H3,(H2,17,18,19)(H,20,21,22). The van der Waals surface area contributed by atoms with E-state index in [1.54, 1.807) is 18.2 Å². The topological polar surface area (TPSA) is 114 Å². The molecule has 0 unspecified atom stereocenters. The van der Waals surface area contributed by atoms with Gasteiger partial charge in [-0.1, -0.05) is 6.07 Å². The predicted molar refractivity (Wildman–Crippen MR) is 91.7 cm³/mol.